The molecule has 90 valence electrons. The molecule has 3 fully saturated rings. The van der Waals surface area contributed by atoms with Gasteiger partial charge in [-0.25, -0.2) is 0 Å². The number of nitrogens with one attached hydrogen (secondary N) is 1. The molecule has 1 amide bonds. The minimum absolute atomic E-state index is 0.0396. The Morgan fingerprint density at radius 2 is 2.19 bits per heavy atom. The number of aliphatic hydroxyl groups excluding tert-OH is 1. The van der Waals surface area contributed by atoms with Gasteiger partial charge in [0.2, 0.25) is 5.91 Å². The van der Waals surface area contributed by atoms with Gasteiger partial charge in [-0.1, -0.05) is 6.42 Å². The first-order valence-corrected chi connectivity index (χ1v) is 6.46. The lowest BCUT2D eigenvalue weighted by molar-refractivity contribution is -0.133. The third-order valence-corrected chi connectivity index (χ3v) is 4.49. The second kappa shape index (κ2) is 4.00. The number of β-amino-alcohol motifs (C(OH)–C–C–N with tert-alkyl or cyclic N) is 1. The summed E-state index contributed by atoms with van der Waals surface area (Å²) in [6, 6.07) is 0.0396. The lowest BCUT2D eigenvalue weighted by atomic mass is 9.93. The molecule has 2 N–H and O–H groups in total. The van der Waals surface area contributed by atoms with E-state index < -0.39 is 0 Å². The molecule has 16 heavy (non-hydrogen) atoms. The van der Waals surface area contributed by atoms with Gasteiger partial charge in [-0.05, 0) is 37.6 Å². The average Bonchev–Trinajstić information content (AvgIpc) is 2.90. The first kappa shape index (κ1) is 10.5. The van der Waals surface area contributed by atoms with E-state index >= 15 is 0 Å². The summed E-state index contributed by atoms with van der Waals surface area (Å²) >= 11 is 0. The molecule has 0 aromatic rings. The van der Waals surface area contributed by atoms with Crippen molar-refractivity contribution in [3.8, 4) is 0 Å². The van der Waals surface area contributed by atoms with Gasteiger partial charge >= 0.3 is 0 Å². The second-order valence-corrected chi connectivity index (χ2v) is 5.47. The highest BCUT2D eigenvalue weighted by atomic mass is 16.3. The number of rotatable bonds is 1. The predicted molar refractivity (Wildman–Crippen MR) is 59.8 cm³/mol. The Bertz CT molecular complexity index is 295. The molecule has 3 aliphatic rings. The van der Waals surface area contributed by atoms with Gasteiger partial charge in [0.1, 0.15) is 0 Å². The van der Waals surface area contributed by atoms with E-state index in [4.69, 9.17) is 0 Å². The number of carbonyl (C=O) groups is 1. The molecular formula is C12H20N2O2. The van der Waals surface area contributed by atoms with Crippen molar-refractivity contribution in [3.63, 3.8) is 0 Å². The molecule has 4 atom stereocenters. The van der Waals surface area contributed by atoms with E-state index in [2.05, 4.69) is 5.32 Å². The predicted octanol–water partition coefficient (Wildman–Crippen LogP) is -0.0323. The van der Waals surface area contributed by atoms with E-state index in [1.807, 2.05) is 4.90 Å². The van der Waals surface area contributed by atoms with Gasteiger partial charge in [-0.15, -0.1) is 0 Å². The van der Waals surface area contributed by atoms with Crippen LogP contribution in [-0.4, -0.2) is 47.7 Å². The average molecular weight is 224 g/mol. The molecule has 2 saturated heterocycles. The van der Waals surface area contributed by atoms with Crippen molar-refractivity contribution in [1.82, 2.24) is 10.2 Å². The smallest absolute Gasteiger partial charge is 0.240 e. The first-order valence-electron chi connectivity index (χ1n) is 6.46. The zero-order valence-electron chi connectivity index (χ0n) is 9.56. The Morgan fingerprint density at radius 3 is 2.94 bits per heavy atom. The highest BCUT2D eigenvalue weighted by Gasteiger charge is 2.44. The van der Waals surface area contributed by atoms with E-state index in [0.717, 1.165) is 25.4 Å². The SMILES string of the molecule is O=C(C1NCC2CCCC21)N1CC[C@H](O)C1. The van der Waals surface area contributed by atoms with Gasteiger partial charge in [-0.2, -0.15) is 0 Å². The molecule has 0 aromatic carbocycles. The fourth-order valence-corrected chi connectivity index (χ4v) is 3.60. The molecule has 4 heteroatoms. The number of hydrogen-bond donors (Lipinski definition) is 2. The monoisotopic (exact) mass is 224 g/mol. The fraction of sp³-hybridized carbons (Fsp3) is 0.917. The maximum absolute atomic E-state index is 12.3. The molecular weight excluding hydrogens is 204 g/mol. The van der Waals surface area contributed by atoms with Crippen LogP contribution in [0.1, 0.15) is 25.7 Å². The fourth-order valence-electron chi connectivity index (χ4n) is 3.60. The van der Waals surface area contributed by atoms with Crippen LogP contribution in [-0.2, 0) is 4.79 Å². The second-order valence-electron chi connectivity index (χ2n) is 5.47. The van der Waals surface area contributed by atoms with E-state index in [1.165, 1.54) is 19.3 Å². The number of carbonyl (C=O) groups excluding carboxylic acids is 1. The van der Waals surface area contributed by atoms with Crippen molar-refractivity contribution in [2.24, 2.45) is 11.8 Å². The standard InChI is InChI=1S/C12H20N2O2/c15-9-4-5-14(7-9)12(16)11-10-3-1-2-8(10)6-13-11/h8-11,13,15H,1-7H2/t8?,9-,10?,11?/m0/s1. The van der Waals surface area contributed by atoms with Crippen molar-refractivity contribution in [3.05, 3.63) is 0 Å². The van der Waals surface area contributed by atoms with Gasteiger partial charge in [0, 0.05) is 13.1 Å². The number of nitrogens with zero attached hydrogens (tertiary/aromatic N) is 1. The van der Waals surface area contributed by atoms with E-state index in [0.29, 0.717) is 12.5 Å². The molecule has 2 aliphatic heterocycles. The van der Waals surface area contributed by atoms with Crippen LogP contribution in [0.5, 0.6) is 0 Å². The normalized spacial score (nSPS) is 42.7. The van der Waals surface area contributed by atoms with Crippen LogP contribution >= 0.6 is 0 Å². The molecule has 1 aliphatic carbocycles. The lowest BCUT2D eigenvalue weighted by Gasteiger charge is -2.24. The zero-order chi connectivity index (χ0) is 11.1. The van der Waals surface area contributed by atoms with Crippen LogP contribution in [0.3, 0.4) is 0 Å². The van der Waals surface area contributed by atoms with Gasteiger partial charge in [0.15, 0.2) is 0 Å². The summed E-state index contributed by atoms with van der Waals surface area (Å²) in [4.78, 5) is 14.1. The van der Waals surface area contributed by atoms with Gasteiger partial charge < -0.3 is 15.3 Å². The summed E-state index contributed by atoms with van der Waals surface area (Å²) in [5, 5.41) is 12.8. The number of amides is 1. The van der Waals surface area contributed by atoms with Crippen molar-refractivity contribution >= 4 is 5.91 Å². The van der Waals surface area contributed by atoms with Gasteiger partial charge in [0.05, 0.1) is 12.1 Å². The Morgan fingerprint density at radius 1 is 1.31 bits per heavy atom. The van der Waals surface area contributed by atoms with Gasteiger partial charge in [-0.3, -0.25) is 4.79 Å². The summed E-state index contributed by atoms with van der Waals surface area (Å²) in [6.45, 7) is 2.28. The summed E-state index contributed by atoms with van der Waals surface area (Å²) in [7, 11) is 0. The van der Waals surface area contributed by atoms with E-state index in [9.17, 15) is 9.90 Å². The minimum Gasteiger partial charge on any atom is -0.391 e. The van der Waals surface area contributed by atoms with Crippen molar-refractivity contribution in [1.29, 1.82) is 0 Å². The summed E-state index contributed by atoms with van der Waals surface area (Å²) < 4.78 is 0. The molecule has 3 unspecified atom stereocenters. The van der Waals surface area contributed by atoms with Crippen molar-refractivity contribution in [2.75, 3.05) is 19.6 Å². The molecule has 2 heterocycles. The highest BCUT2D eigenvalue weighted by molar-refractivity contribution is 5.83. The van der Waals surface area contributed by atoms with Crippen LogP contribution < -0.4 is 5.32 Å². The summed E-state index contributed by atoms with van der Waals surface area (Å²) in [5.74, 6) is 1.51. The molecule has 0 aromatic heterocycles. The number of hydrogen-bond acceptors (Lipinski definition) is 3. The van der Waals surface area contributed by atoms with Crippen LogP contribution in [0.4, 0.5) is 0 Å². The zero-order valence-corrected chi connectivity index (χ0v) is 9.56. The Labute approximate surface area is 96.0 Å². The highest BCUT2D eigenvalue weighted by Crippen LogP contribution is 2.38. The van der Waals surface area contributed by atoms with Crippen molar-refractivity contribution in [2.45, 2.75) is 37.8 Å². The summed E-state index contributed by atoms with van der Waals surface area (Å²) in [6.07, 6.45) is 4.20. The maximum atomic E-state index is 12.3. The number of aliphatic hydroxyl groups is 1. The number of fused-ring (bicyclic) bond motifs is 1. The minimum atomic E-state index is -0.301. The molecule has 0 bridgehead atoms. The Balaban J connectivity index is 1.66. The van der Waals surface area contributed by atoms with Crippen molar-refractivity contribution < 1.29 is 9.90 Å². The van der Waals surface area contributed by atoms with Crippen LogP contribution in [0, 0.1) is 11.8 Å². The largest absolute Gasteiger partial charge is 0.391 e. The number of likely N-dealkylation sites (tertiary alicyclic amines) is 1. The van der Waals surface area contributed by atoms with Crippen LogP contribution in [0.2, 0.25) is 0 Å². The maximum Gasteiger partial charge on any atom is 0.240 e. The first-order chi connectivity index (χ1) is 7.75. The molecule has 0 radical (unpaired) electrons. The van der Waals surface area contributed by atoms with E-state index in [1.54, 1.807) is 0 Å². The molecule has 1 saturated carbocycles. The Kier molecular flexibility index (Phi) is 2.64. The topological polar surface area (TPSA) is 52.6 Å². The Hall–Kier alpha value is -0.610. The summed E-state index contributed by atoms with van der Waals surface area (Å²) in [5.41, 5.74) is 0. The van der Waals surface area contributed by atoms with Crippen LogP contribution in [0.15, 0.2) is 0 Å². The van der Waals surface area contributed by atoms with E-state index in [-0.39, 0.29) is 18.1 Å². The van der Waals surface area contributed by atoms with Gasteiger partial charge in [0.25, 0.3) is 0 Å². The third-order valence-electron chi connectivity index (χ3n) is 4.49. The molecule has 4 nitrogen and oxygen atoms in total. The van der Waals surface area contributed by atoms with Crippen LogP contribution in [0.25, 0.3) is 0 Å². The third kappa shape index (κ3) is 1.64. The quantitative estimate of drug-likeness (QED) is 0.657. The molecule has 0 spiro atoms. The molecule has 3 rings (SSSR count). The lowest BCUT2D eigenvalue weighted by Crippen LogP contribution is -2.45.